The number of rotatable bonds is 6. The van der Waals surface area contributed by atoms with Crippen LogP contribution in [0.3, 0.4) is 0 Å². The summed E-state index contributed by atoms with van der Waals surface area (Å²) in [5, 5.41) is 0. The van der Waals surface area contributed by atoms with E-state index in [0.717, 1.165) is 28.1 Å². The second-order valence-corrected chi connectivity index (χ2v) is 5.81. The Morgan fingerprint density at radius 2 is 1.86 bits per heavy atom. The topological polar surface area (TPSA) is 31.2 Å². The first-order valence-electron chi connectivity index (χ1n) is 7.83. The molecule has 0 N–H and O–H groups in total. The van der Waals surface area contributed by atoms with Crippen molar-refractivity contribution >= 4 is 5.78 Å². The Bertz CT molecular complexity index is 670. The predicted octanol–water partition coefficient (Wildman–Crippen LogP) is 4.24. The summed E-state index contributed by atoms with van der Waals surface area (Å²) in [5.41, 5.74) is 4.69. The number of carbonyl (C=O) groups excluding carboxylic acids is 1. The largest absolute Gasteiger partial charge is 0.380 e. The molecule has 118 valence electrons. The molecule has 0 saturated heterocycles. The predicted molar refractivity (Wildman–Crippen MR) is 89.7 cm³/mol. The standard InChI is InChI=1S/C19H25NO2/c1-6-22-12-15(4)20-14(3)11-18(16(20)5)19(21)17-10-8-7-9-13(17)2/h7-11,15H,6,12H2,1-5H3. The summed E-state index contributed by atoms with van der Waals surface area (Å²) in [7, 11) is 0. The number of aryl methyl sites for hydroxylation is 2. The molecule has 0 spiro atoms. The lowest BCUT2D eigenvalue weighted by Crippen LogP contribution is -2.15. The number of carbonyl (C=O) groups is 1. The maximum atomic E-state index is 12.8. The van der Waals surface area contributed by atoms with E-state index < -0.39 is 0 Å². The van der Waals surface area contributed by atoms with E-state index in [1.54, 1.807) is 0 Å². The summed E-state index contributed by atoms with van der Waals surface area (Å²) < 4.78 is 7.72. The molecule has 0 aliphatic heterocycles. The first-order chi connectivity index (χ1) is 10.5. The van der Waals surface area contributed by atoms with Gasteiger partial charge >= 0.3 is 0 Å². The molecule has 1 heterocycles. The lowest BCUT2D eigenvalue weighted by atomic mass is 9.99. The van der Waals surface area contributed by atoms with Crippen LogP contribution >= 0.6 is 0 Å². The third kappa shape index (κ3) is 3.14. The van der Waals surface area contributed by atoms with E-state index in [2.05, 4.69) is 11.5 Å². The molecule has 0 amide bonds. The average molecular weight is 299 g/mol. The maximum Gasteiger partial charge on any atom is 0.195 e. The van der Waals surface area contributed by atoms with E-state index in [-0.39, 0.29) is 11.8 Å². The fourth-order valence-corrected chi connectivity index (χ4v) is 3.02. The van der Waals surface area contributed by atoms with Gasteiger partial charge in [-0.1, -0.05) is 24.3 Å². The van der Waals surface area contributed by atoms with Gasteiger partial charge in [0.25, 0.3) is 0 Å². The molecule has 1 aromatic heterocycles. The van der Waals surface area contributed by atoms with Crippen LogP contribution in [0, 0.1) is 20.8 Å². The highest BCUT2D eigenvalue weighted by Gasteiger charge is 2.20. The van der Waals surface area contributed by atoms with Gasteiger partial charge in [-0.2, -0.15) is 0 Å². The number of hydrogen-bond donors (Lipinski definition) is 0. The molecule has 0 bridgehead atoms. The SMILES string of the molecule is CCOCC(C)n1c(C)cc(C(=O)c2ccccc2C)c1C. The van der Waals surface area contributed by atoms with Crippen molar-refractivity contribution in [3.05, 3.63) is 58.4 Å². The molecule has 0 fully saturated rings. The van der Waals surface area contributed by atoms with Crippen LogP contribution in [0.25, 0.3) is 0 Å². The van der Waals surface area contributed by atoms with Crippen LogP contribution in [0.4, 0.5) is 0 Å². The normalized spacial score (nSPS) is 12.4. The number of ketones is 1. The van der Waals surface area contributed by atoms with Gasteiger partial charge in [0, 0.05) is 29.1 Å². The molecular weight excluding hydrogens is 274 g/mol. The van der Waals surface area contributed by atoms with Crippen LogP contribution in [-0.2, 0) is 4.74 Å². The van der Waals surface area contributed by atoms with Gasteiger partial charge < -0.3 is 9.30 Å². The van der Waals surface area contributed by atoms with Crippen LogP contribution in [0.15, 0.2) is 30.3 Å². The van der Waals surface area contributed by atoms with E-state index in [9.17, 15) is 4.79 Å². The third-order valence-corrected chi connectivity index (χ3v) is 4.12. The van der Waals surface area contributed by atoms with Crippen molar-refractivity contribution in [1.82, 2.24) is 4.57 Å². The van der Waals surface area contributed by atoms with Gasteiger partial charge in [0.05, 0.1) is 12.6 Å². The van der Waals surface area contributed by atoms with Crippen molar-refractivity contribution in [3.8, 4) is 0 Å². The van der Waals surface area contributed by atoms with E-state index in [1.807, 2.05) is 58.0 Å². The van der Waals surface area contributed by atoms with Crippen molar-refractivity contribution in [2.75, 3.05) is 13.2 Å². The minimum atomic E-state index is 0.0982. The molecule has 0 radical (unpaired) electrons. The molecule has 0 aliphatic rings. The van der Waals surface area contributed by atoms with Crippen molar-refractivity contribution in [2.24, 2.45) is 0 Å². The number of ether oxygens (including phenoxy) is 1. The van der Waals surface area contributed by atoms with Crippen LogP contribution in [0.2, 0.25) is 0 Å². The highest BCUT2D eigenvalue weighted by molar-refractivity contribution is 6.10. The first-order valence-corrected chi connectivity index (χ1v) is 7.83. The van der Waals surface area contributed by atoms with Crippen molar-refractivity contribution < 1.29 is 9.53 Å². The smallest absolute Gasteiger partial charge is 0.195 e. The van der Waals surface area contributed by atoms with Crippen LogP contribution < -0.4 is 0 Å². The highest BCUT2D eigenvalue weighted by Crippen LogP contribution is 2.24. The Hall–Kier alpha value is -1.87. The molecule has 2 aromatic rings. The number of benzene rings is 1. The zero-order valence-corrected chi connectivity index (χ0v) is 14.1. The van der Waals surface area contributed by atoms with Gasteiger partial charge in [0.1, 0.15) is 0 Å². The lowest BCUT2D eigenvalue weighted by Gasteiger charge is -2.18. The molecule has 3 heteroatoms. The molecule has 1 aromatic carbocycles. The maximum absolute atomic E-state index is 12.8. The monoisotopic (exact) mass is 299 g/mol. The van der Waals surface area contributed by atoms with Gasteiger partial charge in [-0.15, -0.1) is 0 Å². The summed E-state index contributed by atoms with van der Waals surface area (Å²) in [6, 6.07) is 9.96. The van der Waals surface area contributed by atoms with Gasteiger partial charge in [-0.05, 0) is 46.2 Å². The van der Waals surface area contributed by atoms with Crippen molar-refractivity contribution in [2.45, 2.75) is 40.7 Å². The first kappa shape index (κ1) is 16.5. The quantitative estimate of drug-likeness (QED) is 0.747. The average Bonchev–Trinajstić information content (AvgIpc) is 2.79. The Morgan fingerprint density at radius 3 is 2.50 bits per heavy atom. The molecule has 22 heavy (non-hydrogen) atoms. The van der Waals surface area contributed by atoms with Crippen LogP contribution in [0.1, 0.15) is 52.8 Å². The molecule has 2 rings (SSSR count). The fourth-order valence-electron chi connectivity index (χ4n) is 3.02. The van der Waals surface area contributed by atoms with Gasteiger partial charge in [-0.25, -0.2) is 0 Å². The van der Waals surface area contributed by atoms with Crippen LogP contribution in [0.5, 0.6) is 0 Å². The fraction of sp³-hybridized carbons (Fsp3) is 0.421. The van der Waals surface area contributed by atoms with Gasteiger partial charge in [-0.3, -0.25) is 4.79 Å². The molecule has 1 atom stereocenters. The summed E-state index contributed by atoms with van der Waals surface area (Å²) >= 11 is 0. The van der Waals surface area contributed by atoms with E-state index in [1.165, 1.54) is 0 Å². The van der Waals surface area contributed by atoms with Gasteiger partial charge in [0.2, 0.25) is 0 Å². The Labute approximate surface area is 132 Å². The Kier molecular flexibility index (Phi) is 5.19. The van der Waals surface area contributed by atoms with Crippen molar-refractivity contribution in [3.63, 3.8) is 0 Å². The molecular formula is C19H25NO2. The molecule has 3 nitrogen and oxygen atoms in total. The number of aromatic nitrogens is 1. The minimum absolute atomic E-state index is 0.0982. The second-order valence-electron chi connectivity index (χ2n) is 5.81. The van der Waals surface area contributed by atoms with Crippen LogP contribution in [-0.4, -0.2) is 23.6 Å². The Morgan fingerprint density at radius 1 is 1.18 bits per heavy atom. The van der Waals surface area contributed by atoms with E-state index in [0.29, 0.717) is 13.2 Å². The summed E-state index contributed by atoms with van der Waals surface area (Å²) in [5.74, 6) is 0.0982. The second kappa shape index (κ2) is 6.93. The number of nitrogens with zero attached hydrogens (tertiary/aromatic N) is 1. The van der Waals surface area contributed by atoms with E-state index >= 15 is 0 Å². The van der Waals surface area contributed by atoms with Crippen molar-refractivity contribution in [1.29, 1.82) is 0 Å². The molecule has 1 unspecified atom stereocenters. The zero-order chi connectivity index (χ0) is 16.3. The molecule has 0 saturated carbocycles. The lowest BCUT2D eigenvalue weighted by molar-refractivity contribution is 0.103. The zero-order valence-electron chi connectivity index (χ0n) is 14.1. The molecule has 0 aliphatic carbocycles. The third-order valence-electron chi connectivity index (χ3n) is 4.12. The summed E-state index contributed by atoms with van der Waals surface area (Å²) in [6.07, 6.45) is 0. The summed E-state index contributed by atoms with van der Waals surface area (Å²) in [6.45, 7) is 11.5. The van der Waals surface area contributed by atoms with Gasteiger partial charge in [0.15, 0.2) is 5.78 Å². The van der Waals surface area contributed by atoms with E-state index in [4.69, 9.17) is 4.74 Å². The summed E-state index contributed by atoms with van der Waals surface area (Å²) in [4.78, 5) is 12.8. The number of hydrogen-bond acceptors (Lipinski definition) is 2. The minimum Gasteiger partial charge on any atom is -0.380 e. The Balaban J connectivity index is 2.38. The highest BCUT2D eigenvalue weighted by atomic mass is 16.5.